The molecule has 0 aliphatic carbocycles. The van der Waals surface area contributed by atoms with Gasteiger partial charge in [-0.15, -0.1) is 0 Å². The average molecular weight is 266 g/mol. The van der Waals surface area contributed by atoms with Crippen molar-refractivity contribution in [1.29, 1.82) is 0 Å². The second-order valence-electron chi connectivity index (χ2n) is 5.73. The molecule has 0 spiro atoms. The Labute approximate surface area is 116 Å². The van der Waals surface area contributed by atoms with Crippen molar-refractivity contribution < 1.29 is 4.74 Å². The number of nitrogens with two attached hydrogens (primary N) is 1. The molecule has 108 valence electrons. The van der Waals surface area contributed by atoms with Crippen LogP contribution in [0.15, 0.2) is 6.33 Å². The van der Waals surface area contributed by atoms with Gasteiger partial charge in [-0.1, -0.05) is 20.8 Å². The zero-order valence-electron chi connectivity index (χ0n) is 12.7. The van der Waals surface area contributed by atoms with Gasteiger partial charge in [0.25, 0.3) is 0 Å². The van der Waals surface area contributed by atoms with E-state index in [0.29, 0.717) is 19.0 Å². The molecule has 0 amide bonds. The minimum absolute atomic E-state index is 0.114. The third-order valence-electron chi connectivity index (χ3n) is 3.13. The summed E-state index contributed by atoms with van der Waals surface area (Å²) >= 11 is 0. The molecule has 0 bridgehead atoms. The lowest BCUT2D eigenvalue weighted by molar-refractivity contribution is 0.320. The summed E-state index contributed by atoms with van der Waals surface area (Å²) in [4.78, 5) is 8.46. The van der Waals surface area contributed by atoms with E-state index in [4.69, 9.17) is 10.5 Å². The standard InChI is InChI=1S/C14H26N4O/c1-6-19-13-10(2)12(16-9-17-13)18-11(7-8-15)14(3,4)5/h9,11H,6-8,15H2,1-5H3,(H,16,17,18). The molecule has 1 aromatic rings. The first kappa shape index (κ1) is 15.7. The maximum atomic E-state index is 5.70. The molecule has 0 aromatic carbocycles. The first-order valence-corrected chi connectivity index (χ1v) is 6.81. The van der Waals surface area contributed by atoms with Crippen molar-refractivity contribution in [1.82, 2.24) is 9.97 Å². The molecule has 0 fully saturated rings. The smallest absolute Gasteiger partial charge is 0.221 e. The summed E-state index contributed by atoms with van der Waals surface area (Å²) in [5, 5.41) is 3.48. The van der Waals surface area contributed by atoms with Gasteiger partial charge in [0.15, 0.2) is 0 Å². The van der Waals surface area contributed by atoms with Crippen LogP contribution in [0, 0.1) is 12.3 Å². The summed E-state index contributed by atoms with van der Waals surface area (Å²) in [5.74, 6) is 1.47. The number of aromatic nitrogens is 2. The molecule has 19 heavy (non-hydrogen) atoms. The average Bonchev–Trinajstić information content (AvgIpc) is 2.32. The maximum absolute atomic E-state index is 5.70. The van der Waals surface area contributed by atoms with Gasteiger partial charge in [0.05, 0.1) is 12.2 Å². The maximum Gasteiger partial charge on any atom is 0.221 e. The molecule has 1 aromatic heterocycles. The Morgan fingerprint density at radius 2 is 2.05 bits per heavy atom. The zero-order chi connectivity index (χ0) is 14.5. The van der Waals surface area contributed by atoms with Gasteiger partial charge in [-0.25, -0.2) is 9.97 Å². The summed E-state index contributed by atoms with van der Waals surface area (Å²) < 4.78 is 5.49. The molecule has 1 atom stereocenters. The number of rotatable bonds is 6. The van der Waals surface area contributed by atoms with Crippen molar-refractivity contribution in [2.24, 2.45) is 11.1 Å². The first-order valence-electron chi connectivity index (χ1n) is 6.81. The van der Waals surface area contributed by atoms with Crippen molar-refractivity contribution >= 4 is 5.82 Å². The summed E-state index contributed by atoms with van der Waals surface area (Å²) in [6, 6.07) is 0.264. The van der Waals surface area contributed by atoms with Crippen LogP contribution in [0.4, 0.5) is 5.82 Å². The second-order valence-corrected chi connectivity index (χ2v) is 5.73. The van der Waals surface area contributed by atoms with Crippen molar-refractivity contribution in [3.8, 4) is 5.88 Å². The number of anilines is 1. The number of nitrogens with zero attached hydrogens (tertiary/aromatic N) is 2. The lowest BCUT2D eigenvalue weighted by Gasteiger charge is -2.32. The third kappa shape index (κ3) is 4.35. The lowest BCUT2D eigenvalue weighted by atomic mass is 9.84. The molecule has 1 rings (SSSR count). The lowest BCUT2D eigenvalue weighted by Crippen LogP contribution is -2.36. The Bertz CT molecular complexity index is 401. The zero-order valence-corrected chi connectivity index (χ0v) is 12.7. The molecule has 3 N–H and O–H groups in total. The number of hydrogen-bond acceptors (Lipinski definition) is 5. The predicted octanol–water partition coefficient (Wildman–Crippen LogP) is 2.36. The van der Waals surface area contributed by atoms with E-state index in [2.05, 4.69) is 36.1 Å². The van der Waals surface area contributed by atoms with Gasteiger partial charge in [0.2, 0.25) is 5.88 Å². The van der Waals surface area contributed by atoms with E-state index in [0.717, 1.165) is 17.8 Å². The van der Waals surface area contributed by atoms with Gasteiger partial charge in [-0.2, -0.15) is 0 Å². The van der Waals surface area contributed by atoms with Crippen LogP contribution in [0.25, 0.3) is 0 Å². The van der Waals surface area contributed by atoms with E-state index in [9.17, 15) is 0 Å². The molecular formula is C14H26N4O. The summed E-state index contributed by atoms with van der Waals surface area (Å²) in [6.07, 6.45) is 2.43. The van der Waals surface area contributed by atoms with Gasteiger partial charge < -0.3 is 15.8 Å². The molecule has 0 saturated heterocycles. The molecule has 5 nitrogen and oxygen atoms in total. The first-order chi connectivity index (χ1) is 8.90. The molecule has 0 aliphatic rings. The fourth-order valence-corrected chi connectivity index (χ4v) is 1.92. The van der Waals surface area contributed by atoms with Crippen LogP contribution in [-0.4, -0.2) is 29.2 Å². The largest absolute Gasteiger partial charge is 0.478 e. The van der Waals surface area contributed by atoms with Crippen molar-refractivity contribution in [2.45, 2.75) is 47.1 Å². The Morgan fingerprint density at radius 1 is 1.37 bits per heavy atom. The fraction of sp³-hybridized carbons (Fsp3) is 0.714. The van der Waals surface area contributed by atoms with Gasteiger partial charge in [0.1, 0.15) is 12.1 Å². The van der Waals surface area contributed by atoms with Crippen LogP contribution >= 0.6 is 0 Å². The molecule has 1 unspecified atom stereocenters. The van der Waals surface area contributed by atoms with Crippen LogP contribution in [0.5, 0.6) is 5.88 Å². The number of hydrogen-bond donors (Lipinski definition) is 2. The van der Waals surface area contributed by atoms with E-state index in [1.165, 1.54) is 6.33 Å². The molecule has 5 heteroatoms. The van der Waals surface area contributed by atoms with Crippen LogP contribution in [0.2, 0.25) is 0 Å². The molecular weight excluding hydrogens is 240 g/mol. The van der Waals surface area contributed by atoms with E-state index >= 15 is 0 Å². The minimum atomic E-state index is 0.114. The molecule has 0 aliphatic heterocycles. The highest BCUT2D eigenvalue weighted by Gasteiger charge is 2.25. The van der Waals surface area contributed by atoms with Crippen LogP contribution in [0.1, 0.15) is 39.7 Å². The van der Waals surface area contributed by atoms with Crippen molar-refractivity contribution in [2.75, 3.05) is 18.5 Å². The Hall–Kier alpha value is -1.36. The quantitative estimate of drug-likeness (QED) is 0.827. The molecule has 0 radical (unpaired) electrons. The summed E-state index contributed by atoms with van der Waals surface area (Å²) in [6.45, 7) is 11.7. The third-order valence-corrected chi connectivity index (χ3v) is 3.13. The Balaban J connectivity index is 2.93. The van der Waals surface area contributed by atoms with Crippen LogP contribution in [0.3, 0.4) is 0 Å². The molecule has 0 saturated carbocycles. The number of ether oxygens (including phenoxy) is 1. The summed E-state index contributed by atoms with van der Waals surface area (Å²) in [7, 11) is 0. The van der Waals surface area contributed by atoms with Gasteiger partial charge >= 0.3 is 0 Å². The van der Waals surface area contributed by atoms with Crippen LogP contribution in [-0.2, 0) is 0 Å². The van der Waals surface area contributed by atoms with Gasteiger partial charge in [-0.05, 0) is 32.2 Å². The highest BCUT2D eigenvalue weighted by Crippen LogP contribution is 2.27. The normalized spacial score (nSPS) is 13.2. The summed E-state index contributed by atoms with van der Waals surface area (Å²) in [5.41, 5.74) is 6.75. The fourth-order valence-electron chi connectivity index (χ4n) is 1.92. The highest BCUT2D eigenvalue weighted by atomic mass is 16.5. The Kier molecular flexibility index (Phi) is 5.54. The van der Waals surface area contributed by atoms with E-state index in [-0.39, 0.29) is 11.5 Å². The predicted molar refractivity (Wildman–Crippen MR) is 78.5 cm³/mol. The highest BCUT2D eigenvalue weighted by molar-refractivity contribution is 5.48. The Morgan fingerprint density at radius 3 is 2.58 bits per heavy atom. The number of nitrogens with one attached hydrogen (secondary N) is 1. The topological polar surface area (TPSA) is 73.1 Å². The minimum Gasteiger partial charge on any atom is -0.478 e. The van der Waals surface area contributed by atoms with Gasteiger partial charge in [0, 0.05) is 6.04 Å². The van der Waals surface area contributed by atoms with E-state index in [1.807, 2.05) is 13.8 Å². The van der Waals surface area contributed by atoms with Crippen molar-refractivity contribution in [3.05, 3.63) is 11.9 Å². The van der Waals surface area contributed by atoms with Crippen LogP contribution < -0.4 is 15.8 Å². The van der Waals surface area contributed by atoms with Gasteiger partial charge in [-0.3, -0.25) is 0 Å². The second kappa shape index (κ2) is 6.70. The monoisotopic (exact) mass is 266 g/mol. The molecule has 1 heterocycles. The SMILES string of the molecule is CCOc1ncnc(NC(CCN)C(C)(C)C)c1C. The van der Waals surface area contributed by atoms with Crippen molar-refractivity contribution in [3.63, 3.8) is 0 Å². The van der Waals surface area contributed by atoms with E-state index in [1.54, 1.807) is 0 Å². The van der Waals surface area contributed by atoms with E-state index < -0.39 is 0 Å².